The second-order valence-electron chi connectivity index (χ2n) is 5.84. The van der Waals surface area contributed by atoms with Gasteiger partial charge in [-0.25, -0.2) is 0 Å². The SMILES string of the molecule is CNCCC(c1cc2cccc(OC)c2cc1OC)n1nnc(C)n1. The van der Waals surface area contributed by atoms with E-state index in [0.717, 1.165) is 40.8 Å². The molecule has 0 bridgehead atoms. The molecular weight excluding hydrogens is 318 g/mol. The number of rotatable bonds is 7. The molecular formula is C18H23N5O2. The van der Waals surface area contributed by atoms with E-state index < -0.39 is 0 Å². The van der Waals surface area contributed by atoms with Gasteiger partial charge in [0.2, 0.25) is 0 Å². The second kappa shape index (κ2) is 7.48. The van der Waals surface area contributed by atoms with Crippen LogP contribution in [0.15, 0.2) is 30.3 Å². The summed E-state index contributed by atoms with van der Waals surface area (Å²) in [6.45, 7) is 2.66. The lowest BCUT2D eigenvalue weighted by Crippen LogP contribution is -2.20. The van der Waals surface area contributed by atoms with Crippen LogP contribution in [0.3, 0.4) is 0 Å². The molecule has 1 aromatic heterocycles. The molecule has 2 aromatic carbocycles. The van der Waals surface area contributed by atoms with Crippen molar-refractivity contribution in [3.05, 3.63) is 41.7 Å². The van der Waals surface area contributed by atoms with Crippen molar-refractivity contribution in [2.45, 2.75) is 19.4 Å². The summed E-state index contributed by atoms with van der Waals surface area (Å²) in [5.74, 6) is 2.26. The van der Waals surface area contributed by atoms with Crippen LogP contribution in [-0.4, -0.2) is 48.0 Å². The molecule has 0 amide bonds. The molecule has 3 aromatic rings. The van der Waals surface area contributed by atoms with Crippen molar-refractivity contribution >= 4 is 10.8 Å². The van der Waals surface area contributed by atoms with Crippen LogP contribution in [0.5, 0.6) is 11.5 Å². The van der Waals surface area contributed by atoms with Gasteiger partial charge >= 0.3 is 0 Å². The quantitative estimate of drug-likeness (QED) is 0.711. The Bertz CT molecular complexity index is 862. The van der Waals surface area contributed by atoms with Crippen LogP contribution in [-0.2, 0) is 0 Å². The summed E-state index contributed by atoms with van der Waals surface area (Å²) >= 11 is 0. The first kappa shape index (κ1) is 17.2. The molecule has 0 aliphatic heterocycles. The number of hydrogen-bond donors (Lipinski definition) is 1. The Kier molecular flexibility index (Phi) is 5.14. The van der Waals surface area contributed by atoms with Gasteiger partial charge in [-0.05, 0) is 55.7 Å². The molecule has 0 aliphatic rings. The predicted molar refractivity (Wildman–Crippen MR) is 96.3 cm³/mol. The van der Waals surface area contributed by atoms with Crippen molar-refractivity contribution in [3.8, 4) is 11.5 Å². The van der Waals surface area contributed by atoms with Crippen molar-refractivity contribution in [1.82, 2.24) is 25.5 Å². The lowest BCUT2D eigenvalue weighted by molar-refractivity contribution is 0.376. The highest BCUT2D eigenvalue weighted by molar-refractivity contribution is 5.90. The van der Waals surface area contributed by atoms with Gasteiger partial charge in [-0.15, -0.1) is 10.2 Å². The van der Waals surface area contributed by atoms with E-state index in [1.165, 1.54) is 0 Å². The molecule has 0 aliphatic carbocycles. The lowest BCUT2D eigenvalue weighted by Gasteiger charge is -2.20. The maximum atomic E-state index is 5.68. The van der Waals surface area contributed by atoms with E-state index in [0.29, 0.717) is 5.82 Å². The van der Waals surface area contributed by atoms with Gasteiger partial charge in [0.1, 0.15) is 17.5 Å². The summed E-state index contributed by atoms with van der Waals surface area (Å²) in [5, 5.41) is 17.9. The molecule has 0 fully saturated rings. The minimum absolute atomic E-state index is 0.0702. The maximum absolute atomic E-state index is 5.68. The molecule has 0 saturated heterocycles. The molecule has 7 nitrogen and oxygen atoms in total. The van der Waals surface area contributed by atoms with Crippen LogP contribution in [0.2, 0.25) is 0 Å². The summed E-state index contributed by atoms with van der Waals surface area (Å²) in [4.78, 5) is 1.66. The summed E-state index contributed by atoms with van der Waals surface area (Å²) < 4.78 is 11.2. The first-order chi connectivity index (χ1) is 12.2. The Labute approximate surface area is 146 Å². The fourth-order valence-electron chi connectivity index (χ4n) is 3.02. The summed E-state index contributed by atoms with van der Waals surface area (Å²) in [6.07, 6.45) is 0.818. The molecule has 1 atom stereocenters. The average molecular weight is 341 g/mol. The normalized spacial score (nSPS) is 12.3. The topological polar surface area (TPSA) is 74.1 Å². The third-order valence-corrected chi connectivity index (χ3v) is 4.24. The van der Waals surface area contributed by atoms with Gasteiger partial charge in [-0.2, -0.15) is 4.80 Å². The van der Waals surface area contributed by atoms with Gasteiger partial charge in [0.15, 0.2) is 5.82 Å². The van der Waals surface area contributed by atoms with E-state index in [4.69, 9.17) is 9.47 Å². The van der Waals surface area contributed by atoms with E-state index in [1.807, 2.05) is 32.2 Å². The minimum atomic E-state index is -0.0702. The number of ether oxygens (including phenoxy) is 2. The molecule has 1 N–H and O–H groups in total. The average Bonchev–Trinajstić information content (AvgIpc) is 3.06. The Morgan fingerprint density at radius 1 is 1.16 bits per heavy atom. The van der Waals surface area contributed by atoms with Crippen molar-refractivity contribution in [1.29, 1.82) is 0 Å². The largest absolute Gasteiger partial charge is 0.496 e. The number of nitrogens with zero attached hydrogens (tertiary/aromatic N) is 4. The van der Waals surface area contributed by atoms with E-state index in [1.54, 1.807) is 19.0 Å². The summed E-state index contributed by atoms with van der Waals surface area (Å²) in [5.41, 5.74) is 1.02. The highest BCUT2D eigenvalue weighted by atomic mass is 16.5. The van der Waals surface area contributed by atoms with Crippen molar-refractivity contribution in [3.63, 3.8) is 0 Å². The molecule has 1 heterocycles. The fraction of sp³-hybridized carbons (Fsp3) is 0.389. The number of fused-ring (bicyclic) bond motifs is 1. The zero-order valence-electron chi connectivity index (χ0n) is 15.0. The van der Waals surface area contributed by atoms with E-state index in [-0.39, 0.29) is 6.04 Å². The second-order valence-corrected chi connectivity index (χ2v) is 5.84. The first-order valence-corrected chi connectivity index (χ1v) is 8.23. The molecule has 0 spiro atoms. The molecule has 25 heavy (non-hydrogen) atoms. The van der Waals surface area contributed by atoms with Gasteiger partial charge in [-0.3, -0.25) is 0 Å². The predicted octanol–water partition coefficient (Wildman–Crippen LogP) is 2.35. The Morgan fingerprint density at radius 3 is 2.60 bits per heavy atom. The maximum Gasteiger partial charge on any atom is 0.171 e. The molecule has 7 heteroatoms. The monoisotopic (exact) mass is 341 g/mol. The van der Waals surface area contributed by atoms with Gasteiger partial charge in [0.25, 0.3) is 0 Å². The van der Waals surface area contributed by atoms with Crippen LogP contribution in [0, 0.1) is 6.92 Å². The zero-order chi connectivity index (χ0) is 17.8. The Hall–Kier alpha value is -2.67. The van der Waals surface area contributed by atoms with Crippen molar-refractivity contribution < 1.29 is 9.47 Å². The van der Waals surface area contributed by atoms with Gasteiger partial charge < -0.3 is 14.8 Å². The van der Waals surface area contributed by atoms with Crippen LogP contribution in [0.25, 0.3) is 10.8 Å². The van der Waals surface area contributed by atoms with E-state index >= 15 is 0 Å². The number of tetrazole rings is 1. The molecule has 132 valence electrons. The van der Waals surface area contributed by atoms with E-state index in [9.17, 15) is 0 Å². The number of aromatic nitrogens is 4. The number of methoxy groups -OCH3 is 2. The standard InChI is InChI=1S/C18H23N5O2/c1-12-20-22-23(21-12)16(8-9-19-2)15-10-13-6-5-7-17(24-3)14(13)11-18(15)25-4/h5-7,10-11,16,19H,8-9H2,1-4H3. The van der Waals surface area contributed by atoms with Crippen LogP contribution < -0.4 is 14.8 Å². The Morgan fingerprint density at radius 2 is 1.96 bits per heavy atom. The van der Waals surface area contributed by atoms with Gasteiger partial charge in [0, 0.05) is 10.9 Å². The van der Waals surface area contributed by atoms with Crippen molar-refractivity contribution in [2.75, 3.05) is 27.8 Å². The number of aryl methyl sites for hydroxylation is 1. The van der Waals surface area contributed by atoms with Crippen LogP contribution >= 0.6 is 0 Å². The van der Waals surface area contributed by atoms with Crippen LogP contribution in [0.4, 0.5) is 0 Å². The third-order valence-electron chi connectivity index (χ3n) is 4.24. The minimum Gasteiger partial charge on any atom is -0.496 e. The lowest BCUT2D eigenvalue weighted by atomic mass is 9.98. The highest BCUT2D eigenvalue weighted by Crippen LogP contribution is 2.36. The third kappa shape index (κ3) is 3.41. The molecule has 0 saturated carbocycles. The number of nitrogens with one attached hydrogen (secondary N) is 1. The Balaban J connectivity index is 2.15. The fourth-order valence-corrected chi connectivity index (χ4v) is 3.02. The first-order valence-electron chi connectivity index (χ1n) is 8.23. The highest BCUT2D eigenvalue weighted by Gasteiger charge is 2.22. The van der Waals surface area contributed by atoms with Gasteiger partial charge in [-0.1, -0.05) is 12.1 Å². The van der Waals surface area contributed by atoms with Crippen molar-refractivity contribution in [2.24, 2.45) is 0 Å². The summed E-state index contributed by atoms with van der Waals surface area (Å²) in [6, 6.07) is 10.1. The molecule has 1 unspecified atom stereocenters. The molecule has 0 radical (unpaired) electrons. The number of benzene rings is 2. The smallest absolute Gasteiger partial charge is 0.171 e. The number of hydrogen-bond acceptors (Lipinski definition) is 6. The summed E-state index contributed by atoms with van der Waals surface area (Å²) in [7, 11) is 5.28. The van der Waals surface area contributed by atoms with Gasteiger partial charge in [0.05, 0.1) is 14.2 Å². The zero-order valence-corrected chi connectivity index (χ0v) is 15.0. The van der Waals surface area contributed by atoms with Crippen LogP contribution in [0.1, 0.15) is 23.9 Å². The molecule has 3 rings (SSSR count). The van der Waals surface area contributed by atoms with E-state index in [2.05, 4.69) is 32.9 Å².